The van der Waals surface area contributed by atoms with Crippen LogP contribution in [0.25, 0.3) is 0 Å². The number of rotatable bonds is 3. The van der Waals surface area contributed by atoms with Crippen molar-refractivity contribution in [2.45, 2.75) is 26.8 Å². The zero-order valence-electron chi connectivity index (χ0n) is 9.08. The fraction of sp³-hybridized carbons (Fsp3) is 0.455. The van der Waals surface area contributed by atoms with E-state index in [4.69, 9.17) is 18.0 Å². The Bertz CT molecular complexity index is 362. The quantitative estimate of drug-likeness (QED) is 0.632. The molecule has 15 heavy (non-hydrogen) atoms. The molecule has 0 saturated heterocycles. The van der Waals surface area contributed by atoms with Crippen molar-refractivity contribution < 1.29 is 0 Å². The van der Waals surface area contributed by atoms with Gasteiger partial charge in [-0.15, -0.1) is 6.42 Å². The van der Waals surface area contributed by atoms with Gasteiger partial charge in [0.25, 0.3) is 0 Å². The van der Waals surface area contributed by atoms with Gasteiger partial charge in [-0.25, -0.2) is 9.97 Å². The Labute approximate surface area is 95.3 Å². The van der Waals surface area contributed by atoms with Crippen molar-refractivity contribution in [3.63, 3.8) is 0 Å². The van der Waals surface area contributed by atoms with E-state index < -0.39 is 0 Å². The summed E-state index contributed by atoms with van der Waals surface area (Å²) in [6, 6.07) is 1.62. The van der Waals surface area contributed by atoms with Gasteiger partial charge in [-0.05, 0) is 12.8 Å². The van der Waals surface area contributed by atoms with Crippen LogP contribution in [0.5, 0.6) is 0 Å². The lowest BCUT2D eigenvalue weighted by Gasteiger charge is -2.17. The van der Waals surface area contributed by atoms with E-state index in [-0.39, 0.29) is 6.04 Å². The first-order chi connectivity index (χ1) is 7.02. The van der Waals surface area contributed by atoms with Crippen molar-refractivity contribution in [1.29, 1.82) is 0 Å². The molecule has 1 rings (SSSR count). The second-order valence-corrected chi connectivity index (χ2v) is 4.04. The molecular weight excluding hydrogens is 210 g/mol. The lowest BCUT2D eigenvalue weighted by atomic mass is 10.1. The third-order valence-corrected chi connectivity index (χ3v) is 2.15. The Morgan fingerprint density at radius 3 is 2.60 bits per heavy atom. The minimum atomic E-state index is -0.0460. The fourth-order valence-corrected chi connectivity index (χ4v) is 1.39. The van der Waals surface area contributed by atoms with Gasteiger partial charge in [0.05, 0.1) is 6.04 Å². The van der Waals surface area contributed by atoms with E-state index in [1.165, 1.54) is 0 Å². The number of anilines is 1. The molecule has 1 unspecified atom stereocenters. The summed E-state index contributed by atoms with van der Waals surface area (Å²) in [6.45, 7) is 5.89. The highest BCUT2D eigenvalue weighted by molar-refractivity contribution is 6.29. The third-order valence-electron chi connectivity index (χ3n) is 1.96. The van der Waals surface area contributed by atoms with Crippen molar-refractivity contribution in [2.24, 2.45) is 5.92 Å². The van der Waals surface area contributed by atoms with E-state index in [0.717, 1.165) is 0 Å². The summed E-state index contributed by atoms with van der Waals surface area (Å²) in [5.41, 5.74) is 0. The predicted molar refractivity (Wildman–Crippen MR) is 62.9 cm³/mol. The molecule has 1 aromatic heterocycles. The average Bonchev–Trinajstić information content (AvgIpc) is 2.12. The van der Waals surface area contributed by atoms with Gasteiger partial charge < -0.3 is 5.32 Å². The second kappa shape index (κ2) is 4.99. The number of hydrogen-bond donors (Lipinski definition) is 1. The Morgan fingerprint density at radius 2 is 2.13 bits per heavy atom. The molecule has 0 aliphatic rings. The number of terminal acetylenes is 1. The van der Waals surface area contributed by atoms with Crippen LogP contribution in [0.3, 0.4) is 0 Å². The molecule has 0 spiro atoms. The first-order valence-corrected chi connectivity index (χ1v) is 5.14. The molecule has 0 saturated carbocycles. The molecule has 0 fully saturated rings. The molecule has 0 aliphatic heterocycles. The molecule has 1 atom stereocenters. The summed E-state index contributed by atoms with van der Waals surface area (Å²) >= 11 is 5.81. The Balaban J connectivity index is 2.85. The predicted octanol–water partition coefficient (Wildman–Crippen LogP) is 2.51. The van der Waals surface area contributed by atoms with E-state index in [2.05, 4.69) is 21.2 Å². The maximum absolute atomic E-state index is 5.81. The normalized spacial score (nSPS) is 12.3. The summed E-state index contributed by atoms with van der Waals surface area (Å²) in [5.74, 6) is 4.31. The Kier molecular flexibility index (Phi) is 3.93. The highest BCUT2D eigenvalue weighted by Gasteiger charge is 2.10. The second-order valence-electron chi connectivity index (χ2n) is 3.66. The molecule has 1 aromatic rings. The molecule has 3 nitrogen and oxygen atoms in total. The van der Waals surface area contributed by atoms with Crippen molar-refractivity contribution >= 4 is 17.4 Å². The SMILES string of the molecule is C#CC(Nc1cc(Cl)nc(C)n1)C(C)C. The van der Waals surface area contributed by atoms with Crippen LogP contribution in [0.2, 0.25) is 5.15 Å². The molecule has 0 aliphatic carbocycles. The van der Waals surface area contributed by atoms with Crippen LogP contribution >= 0.6 is 11.6 Å². The lowest BCUT2D eigenvalue weighted by molar-refractivity contribution is 0.612. The standard InChI is InChI=1S/C11H14ClN3/c1-5-9(7(2)3)15-11-6-10(12)13-8(4)14-11/h1,6-7,9H,2-4H3,(H,13,14,15). The molecule has 0 amide bonds. The Hall–Kier alpha value is -1.27. The first kappa shape index (κ1) is 11.8. The van der Waals surface area contributed by atoms with Crippen LogP contribution in [-0.2, 0) is 0 Å². The summed E-state index contributed by atoms with van der Waals surface area (Å²) in [4.78, 5) is 8.18. The highest BCUT2D eigenvalue weighted by Crippen LogP contribution is 2.14. The van der Waals surface area contributed by atoms with Crippen molar-refractivity contribution in [3.05, 3.63) is 17.0 Å². The van der Waals surface area contributed by atoms with Gasteiger partial charge in [-0.2, -0.15) is 0 Å². The number of nitrogens with zero attached hydrogens (tertiary/aromatic N) is 2. The van der Waals surface area contributed by atoms with Crippen LogP contribution < -0.4 is 5.32 Å². The molecule has 4 heteroatoms. The summed E-state index contributed by atoms with van der Waals surface area (Å²) in [7, 11) is 0. The van der Waals surface area contributed by atoms with Gasteiger partial charge in [0.1, 0.15) is 16.8 Å². The molecule has 0 aromatic carbocycles. The Morgan fingerprint density at radius 1 is 1.47 bits per heavy atom. The minimum Gasteiger partial charge on any atom is -0.356 e. The maximum Gasteiger partial charge on any atom is 0.134 e. The molecular formula is C11H14ClN3. The van der Waals surface area contributed by atoms with E-state index in [1.807, 2.05) is 13.8 Å². The topological polar surface area (TPSA) is 37.8 Å². The first-order valence-electron chi connectivity index (χ1n) is 4.76. The monoisotopic (exact) mass is 223 g/mol. The average molecular weight is 224 g/mol. The number of halogens is 1. The molecule has 1 heterocycles. The van der Waals surface area contributed by atoms with Crippen LogP contribution in [0.1, 0.15) is 19.7 Å². The number of nitrogens with one attached hydrogen (secondary N) is 1. The smallest absolute Gasteiger partial charge is 0.134 e. The summed E-state index contributed by atoms with van der Waals surface area (Å²) in [5, 5.41) is 3.56. The van der Waals surface area contributed by atoms with Gasteiger partial charge in [-0.3, -0.25) is 0 Å². The van der Waals surface area contributed by atoms with Gasteiger partial charge in [-0.1, -0.05) is 31.4 Å². The van der Waals surface area contributed by atoms with E-state index >= 15 is 0 Å². The van der Waals surface area contributed by atoms with Gasteiger partial charge in [0.2, 0.25) is 0 Å². The zero-order valence-corrected chi connectivity index (χ0v) is 9.84. The fourth-order valence-electron chi connectivity index (χ4n) is 1.17. The van der Waals surface area contributed by atoms with Crippen molar-refractivity contribution in [2.75, 3.05) is 5.32 Å². The third kappa shape index (κ3) is 3.41. The number of aromatic nitrogens is 2. The molecule has 1 N–H and O–H groups in total. The van der Waals surface area contributed by atoms with Crippen LogP contribution in [-0.4, -0.2) is 16.0 Å². The lowest BCUT2D eigenvalue weighted by Crippen LogP contribution is -2.24. The minimum absolute atomic E-state index is 0.0460. The van der Waals surface area contributed by atoms with E-state index in [9.17, 15) is 0 Å². The van der Waals surface area contributed by atoms with E-state index in [1.54, 1.807) is 13.0 Å². The van der Waals surface area contributed by atoms with Crippen LogP contribution in [0, 0.1) is 25.2 Å². The highest BCUT2D eigenvalue weighted by atomic mass is 35.5. The number of aryl methyl sites for hydroxylation is 1. The molecule has 0 radical (unpaired) electrons. The largest absolute Gasteiger partial charge is 0.356 e. The van der Waals surface area contributed by atoms with Gasteiger partial charge >= 0.3 is 0 Å². The van der Waals surface area contributed by atoms with E-state index in [0.29, 0.717) is 22.7 Å². The summed E-state index contributed by atoms with van der Waals surface area (Å²) in [6.07, 6.45) is 5.41. The molecule has 0 bridgehead atoms. The maximum atomic E-state index is 5.81. The van der Waals surface area contributed by atoms with Crippen molar-refractivity contribution in [1.82, 2.24) is 9.97 Å². The number of hydrogen-bond acceptors (Lipinski definition) is 3. The summed E-state index contributed by atoms with van der Waals surface area (Å²) < 4.78 is 0. The van der Waals surface area contributed by atoms with Gasteiger partial charge in [0, 0.05) is 6.07 Å². The zero-order chi connectivity index (χ0) is 11.4. The van der Waals surface area contributed by atoms with Crippen LogP contribution in [0.4, 0.5) is 5.82 Å². The van der Waals surface area contributed by atoms with Crippen molar-refractivity contribution in [3.8, 4) is 12.3 Å². The van der Waals surface area contributed by atoms with Gasteiger partial charge in [0.15, 0.2) is 0 Å². The molecule has 80 valence electrons. The van der Waals surface area contributed by atoms with Crippen LogP contribution in [0.15, 0.2) is 6.07 Å².